The van der Waals surface area contributed by atoms with Crippen LogP contribution in [0.1, 0.15) is 5.69 Å². The molecule has 3 rings (SSSR count). The molecule has 1 heterocycles. The SMILES string of the molecule is Cc1nc(Nc2ccccc2-c2ccccc2)ccc1Br. The number of aryl methyl sites for hydroxylation is 1. The van der Waals surface area contributed by atoms with E-state index in [2.05, 4.69) is 50.5 Å². The van der Waals surface area contributed by atoms with E-state index in [4.69, 9.17) is 0 Å². The summed E-state index contributed by atoms with van der Waals surface area (Å²) in [5, 5.41) is 3.41. The summed E-state index contributed by atoms with van der Waals surface area (Å²) in [7, 11) is 0. The van der Waals surface area contributed by atoms with Crippen LogP contribution in [0.5, 0.6) is 0 Å². The van der Waals surface area contributed by atoms with E-state index in [1.807, 2.05) is 49.4 Å². The van der Waals surface area contributed by atoms with Crippen LogP contribution in [0.3, 0.4) is 0 Å². The second-order valence-electron chi connectivity index (χ2n) is 4.80. The number of halogens is 1. The number of nitrogens with one attached hydrogen (secondary N) is 1. The minimum atomic E-state index is 0.846. The molecule has 0 atom stereocenters. The van der Waals surface area contributed by atoms with Gasteiger partial charge in [-0.05, 0) is 46.6 Å². The predicted octanol–water partition coefficient (Wildman–Crippen LogP) is 5.56. The smallest absolute Gasteiger partial charge is 0.130 e. The molecule has 0 fully saturated rings. The van der Waals surface area contributed by atoms with Gasteiger partial charge in [0.2, 0.25) is 0 Å². The second kappa shape index (κ2) is 6.10. The third kappa shape index (κ3) is 3.14. The Morgan fingerprint density at radius 3 is 2.33 bits per heavy atom. The molecular weight excluding hydrogens is 324 g/mol. The number of nitrogens with zero attached hydrogens (tertiary/aromatic N) is 1. The minimum absolute atomic E-state index is 0.846. The third-order valence-corrected chi connectivity index (χ3v) is 4.13. The van der Waals surface area contributed by atoms with Gasteiger partial charge in [0, 0.05) is 15.7 Å². The standard InChI is InChI=1S/C18H15BrN2/c1-13-16(19)11-12-18(20-13)21-17-10-6-5-9-15(17)14-7-3-2-4-8-14/h2-12H,1H3,(H,20,21). The Bertz CT molecular complexity index is 754. The molecule has 1 aromatic heterocycles. The fraction of sp³-hybridized carbons (Fsp3) is 0.0556. The van der Waals surface area contributed by atoms with Crippen molar-refractivity contribution in [2.24, 2.45) is 0 Å². The van der Waals surface area contributed by atoms with Crippen molar-refractivity contribution in [3.05, 3.63) is 76.9 Å². The van der Waals surface area contributed by atoms with Crippen molar-refractivity contribution in [1.82, 2.24) is 4.98 Å². The lowest BCUT2D eigenvalue weighted by Gasteiger charge is -2.12. The number of pyridine rings is 1. The Morgan fingerprint density at radius 1 is 0.857 bits per heavy atom. The molecule has 1 N–H and O–H groups in total. The molecular formula is C18H15BrN2. The van der Waals surface area contributed by atoms with E-state index in [0.29, 0.717) is 0 Å². The number of anilines is 2. The maximum absolute atomic E-state index is 4.54. The summed E-state index contributed by atoms with van der Waals surface area (Å²) in [6.07, 6.45) is 0. The highest BCUT2D eigenvalue weighted by atomic mass is 79.9. The lowest BCUT2D eigenvalue weighted by Crippen LogP contribution is -1.97. The van der Waals surface area contributed by atoms with Crippen molar-refractivity contribution in [1.29, 1.82) is 0 Å². The van der Waals surface area contributed by atoms with Gasteiger partial charge in [0.1, 0.15) is 5.82 Å². The maximum atomic E-state index is 4.54. The first-order valence-electron chi connectivity index (χ1n) is 6.78. The van der Waals surface area contributed by atoms with E-state index in [1.165, 1.54) is 11.1 Å². The zero-order valence-corrected chi connectivity index (χ0v) is 13.3. The molecule has 0 radical (unpaired) electrons. The van der Waals surface area contributed by atoms with Crippen LogP contribution < -0.4 is 5.32 Å². The number of para-hydroxylation sites is 1. The van der Waals surface area contributed by atoms with E-state index in [1.54, 1.807) is 0 Å². The van der Waals surface area contributed by atoms with Crippen LogP contribution in [0.25, 0.3) is 11.1 Å². The highest BCUT2D eigenvalue weighted by Crippen LogP contribution is 2.30. The predicted molar refractivity (Wildman–Crippen MR) is 91.8 cm³/mol. The van der Waals surface area contributed by atoms with E-state index in [-0.39, 0.29) is 0 Å². The minimum Gasteiger partial charge on any atom is -0.340 e. The van der Waals surface area contributed by atoms with Gasteiger partial charge in [-0.25, -0.2) is 4.98 Å². The topological polar surface area (TPSA) is 24.9 Å². The number of aromatic nitrogens is 1. The summed E-state index contributed by atoms with van der Waals surface area (Å²) in [6.45, 7) is 1.98. The lowest BCUT2D eigenvalue weighted by molar-refractivity contribution is 1.18. The molecule has 0 spiro atoms. The summed E-state index contributed by atoms with van der Waals surface area (Å²) in [6, 6.07) is 22.6. The fourth-order valence-electron chi connectivity index (χ4n) is 2.21. The molecule has 0 aliphatic rings. The quantitative estimate of drug-likeness (QED) is 0.675. The Labute approximate surface area is 133 Å². The molecule has 3 heteroatoms. The Morgan fingerprint density at radius 2 is 1.57 bits per heavy atom. The van der Waals surface area contributed by atoms with Crippen LogP contribution in [0.4, 0.5) is 11.5 Å². The zero-order valence-electron chi connectivity index (χ0n) is 11.7. The van der Waals surface area contributed by atoms with Gasteiger partial charge in [0.25, 0.3) is 0 Å². The van der Waals surface area contributed by atoms with Crippen molar-refractivity contribution < 1.29 is 0 Å². The molecule has 0 bridgehead atoms. The monoisotopic (exact) mass is 338 g/mol. The number of hydrogen-bond acceptors (Lipinski definition) is 2. The van der Waals surface area contributed by atoms with Crippen molar-refractivity contribution >= 4 is 27.4 Å². The molecule has 3 aromatic rings. The molecule has 0 amide bonds. The van der Waals surface area contributed by atoms with Crippen LogP contribution >= 0.6 is 15.9 Å². The molecule has 104 valence electrons. The molecule has 0 unspecified atom stereocenters. The molecule has 2 nitrogen and oxygen atoms in total. The second-order valence-corrected chi connectivity index (χ2v) is 5.65. The van der Waals surface area contributed by atoms with Crippen LogP contribution in [0.2, 0.25) is 0 Å². The van der Waals surface area contributed by atoms with Gasteiger partial charge >= 0.3 is 0 Å². The Hall–Kier alpha value is -2.13. The summed E-state index contributed by atoms with van der Waals surface area (Å²) >= 11 is 3.48. The summed E-state index contributed by atoms with van der Waals surface area (Å²) in [4.78, 5) is 4.54. The molecule has 0 saturated carbocycles. The van der Waals surface area contributed by atoms with Crippen molar-refractivity contribution in [2.75, 3.05) is 5.32 Å². The van der Waals surface area contributed by atoms with Gasteiger partial charge in [-0.15, -0.1) is 0 Å². The van der Waals surface area contributed by atoms with Gasteiger partial charge in [0.05, 0.1) is 5.69 Å². The summed E-state index contributed by atoms with van der Waals surface area (Å²) < 4.78 is 1.02. The first-order valence-corrected chi connectivity index (χ1v) is 7.58. The van der Waals surface area contributed by atoms with Gasteiger partial charge < -0.3 is 5.32 Å². The normalized spacial score (nSPS) is 10.4. The van der Waals surface area contributed by atoms with E-state index in [0.717, 1.165) is 21.7 Å². The van der Waals surface area contributed by atoms with Crippen LogP contribution in [-0.2, 0) is 0 Å². The van der Waals surface area contributed by atoms with E-state index >= 15 is 0 Å². The average molecular weight is 339 g/mol. The van der Waals surface area contributed by atoms with Crippen molar-refractivity contribution in [2.45, 2.75) is 6.92 Å². The zero-order chi connectivity index (χ0) is 14.7. The van der Waals surface area contributed by atoms with Crippen LogP contribution in [0, 0.1) is 6.92 Å². The number of hydrogen-bond donors (Lipinski definition) is 1. The van der Waals surface area contributed by atoms with Gasteiger partial charge in [-0.2, -0.15) is 0 Å². The molecule has 2 aromatic carbocycles. The number of rotatable bonds is 3. The van der Waals surface area contributed by atoms with Crippen molar-refractivity contribution in [3.63, 3.8) is 0 Å². The lowest BCUT2D eigenvalue weighted by atomic mass is 10.0. The van der Waals surface area contributed by atoms with Crippen molar-refractivity contribution in [3.8, 4) is 11.1 Å². The van der Waals surface area contributed by atoms with Crippen LogP contribution in [-0.4, -0.2) is 4.98 Å². The van der Waals surface area contributed by atoms with E-state index in [9.17, 15) is 0 Å². The fourth-order valence-corrected chi connectivity index (χ4v) is 2.43. The molecule has 0 aliphatic heterocycles. The Kier molecular flexibility index (Phi) is 4.02. The number of benzene rings is 2. The van der Waals surface area contributed by atoms with Gasteiger partial charge in [-0.1, -0.05) is 48.5 Å². The highest BCUT2D eigenvalue weighted by molar-refractivity contribution is 9.10. The summed E-state index contributed by atoms with van der Waals surface area (Å²) in [5.41, 5.74) is 4.38. The van der Waals surface area contributed by atoms with E-state index < -0.39 is 0 Å². The average Bonchev–Trinajstić information content (AvgIpc) is 2.52. The first-order chi connectivity index (χ1) is 10.2. The van der Waals surface area contributed by atoms with Gasteiger partial charge in [-0.3, -0.25) is 0 Å². The third-order valence-electron chi connectivity index (χ3n) is 3.30. The maximum Gasteiger partial charge on any atom is 0.130 e. The van der Waals surface area contributed by atoms with Crippen LogP contribution in [0.15, 0.2) is 71.2 Å². The Balaban J connectivity index is 1.98. The first kappa shape index (κ1) is 13.8. The molecule has 21 heavy (non-hydrogen) atoms. The summed E-state index contributed by atoms with van der Waals surface area (Å²) in [5.74, 6) is 0.846. The molecule has 0 aliphatic carbocycles. The van der Waals surface area contributed by atoms with Gasteiger partial charge in [0.15, 0.2) is 0 Å². The molecule has 0 saturated heterocycles. The largest absolute Gasteiger partial charge is 0.340 e. The highest BCUT2D eigenvalue weighted by Gasteiger charge is 2.06.